The molecular formula is C29H33Cl2N5O3. The Morgan fingerprint density at radius 1 is 0.949 bits per heavy atom. The number of ether oxygens (including phenoxy) is 2. The number of piperazine rings is 1. The van der Waals surface area contributed by atoms with Gasteiger partial charge in [-0.3, -0.25) is 15.1 Å². The van der Waals surface area contributed by atoms with E-state index in [1.165, 1.54) is 14.2 Å². The molecule has 1 saturated heterocycles. The minimum atomic E-state index is -0.386. The van der Waals surface area contributed by atoms with E-state index in [9.17, 15) is 4.79 Å². The van der Waals surface area contributed by atoms with Crippen molar-refractivity contribution in [3.63, 3.8) is 0 Å². The van der Waals surface area contributed by atoms with Crippen molar-refractivity contribution in [3.8, 4) is 22.6 Å². The van der Waals surface area contributed by atoms with Crippen molar-refractivity contribution in [1.82, 2.24) is 10.2 Å². The topological polar surface area (TPSA) is 104 Å². The third kappa shape index (κ3) is 6.08. The molecule has 39 heavy (non-hydrogen) atoms. The number of amidine groups is 1. The summed E-state index contributed by atoms with van der Waals surface area (Å²) in [7, 11) is 3.00. The maximum atomic E-state index is 12.9. The van der Waals surface area contributed by atoms with Crippen LogP contribution in [0.15, 0.2) is 48.5 Å². The zero-order valence-electron chi connectivity index (χ0n) is 22.5. The highest BCUT2D eigenvalue weighted by Crippen LogP contribution is 2.46. The van der Waals surface area contributed by atoms with Crippen LogP contribution in [0.5, 0.6) is 11.5 Å². The molecule has 0 unspecified atom stereocenters. The van der Waals surface area contributed by atoms with Crippen LogP contribution in [0.2, 0.25) is 10.0 Å². The number of nitrogens with zero attached hydrogens (tertiary/aromatic N) is 2. The standard InChI is InChI=1S/C29H33Cl2N5O3/c1-17(2)35-11-13-36(14-12-35)20-8-5-18(6-9-20)29(37)34-28(33)21-10-7-19(15-22(21)32)25-26(30)23(38-3)16-24(39-4)27(25)31/h5-10,15-17H,11-14,32H2,1-4H3,(H2,33,34,37). The molecule has 0 spiro atoms. The lowest BCUT2D eigenvalue weighted by atomic mass is 10.0. The fourth-order valence-corrected chi connectivity index (χ4v) is 5.38. The normalized spacial score (nSPS) is 13.9. The van der Waals surface area contributed by atoms with E-state index in [1.54, 1.807) is 36.4 Å². The van der Waals surface area contributed by atoms with Gasteiger partial charge in [-0.05, 0) is 55.8 Å². The monoisotopic (exact) mass is 569 g/mol. The number of nitrogens with one attached hydrogen (secondary N) is 2. The van der Waals surface area contributed by atoms with Crippen LogP contribution in [0.1, 0.15) is 29.8 Å². The largest absolute Gasteiger partial charge is 0.495 e. The summed E-state index contributed by atoms with van der Waals surface area (Å²) in [5.41, 5.74) is 9.60. The quantitative estimate of drug-likeness (QED) is 0.196. The van der Waals surface area contributed by atoms with Crippen molar-refractivity contribution >= 4 is 46.3 Å². The first kappa shape index (κ1) is 28.5. The van der Waals surface area contributed by atoms with Crippen molar-refractivity contribution in [3.05, 3.63) is 69.7 Å². The number of halogens is 2. The maximum absolute atomic E-state index is 12.9. The lowest BCUT2D eigenvalue weighted by molar-refractivity contribution is 0.0977. The number of benzene rings is 3. The molecule has 1 aliphatic rings. The lowest BCUT2D eigenvalue weighted by Gasteiger charge is -2.38. The van der Waals surface area contributed by atoms with Crippen LogP contribution in [0, 0.1) is 5.41 Å². The summed E-state index contributed by atoms with van der Waals surface area (Å²) >= 11 is 13.1. The first-order chi connectivity index (χ1) is 18.6. The van der Waals surface area contributed by atoms with E-state index in [0.717, 1.165) is 31.9 Å². The molecule has 3 aromatic carbocycles. The smallest absolute Gasteiger partial charge is 0.256 e. The molecule has 0 atom stereocenters. The molecule has 1 heterocycles. The van der Waals surface area contributed by atoms with Crippen LogP contribution in [0.3, 0.4) is 0 Å². The van der Waals surface area contributed by atoms with E-state index in [-0.39, 0.29) is 17.4 Å². The average Bonchev–Trinajstić information content (AvgIpc) is 2.93. The van der Waals surface area contributed by atoms with Gasteiger partial charge in [0.05, 0.1) is 24.3 Å². The Balaban J connectivity index is 1.47. The summed E-state index contributed by atoms with van der Waals surface area (Å²) in [6.07, 6.45) is 0. The highest BCUT2D eigenvalue weighted by Gasteiger charge is 2.21. The van der Waals surface area contributed by atoms with Gasteiger partial charge < -0.3 is 25.4 Å². The molecule has 1 fully saturated rings. The predicted molar refractivity (Wildman–Crippen MR) is 159 cm³/mol. The number of amides is 1. The van der Waals surface area contributed by atoms with Crippen LogP contribution >= 0.6 is 23.2 Å². The lowest BCUT2D eigenvalue weighted by Crippen LogP contribution is -2.48. The minimum absolute atomic E-state index is 0.113. The SMILES string of the molecule is COc1cc(OC)c(Cl)c(-c2ccc(C(=N)NC(=O)c3ccc(N4CCN(C(C)C)CC4)cc3)c(N)c2)c1Cl. The number of hydrogen-bond donors (Lipinski definition) is 3. The highest BCUT2D eigenvalue weighted by molar-refractivity contribution is 6.41. The van der Waals surface area contributed by atoms with Gasteiger partial charge in [-0.1, -0.05) is 29.3 Å². The minimum Gasteiger partial charge on any atom is -0.495 e. The Hall–Kier alpha value is -3.46. The molecule has 8 nitrogen and oxygen atoms in total. The van der Waals surface area contributed by atoms with Crippen molar-refractivity contribution in [2.75, 3.05) is 51.0 Å². The first-order valence-electron chi connectivity index (χ1n) is 12.6. The number of hydrogen-bond acceptors (Lipinski definition) is 7. The fraction of sp³-hybridized carbons (Fsp3) is 0.310. The maximum Gasteiger partial charge on any atom is 0.256 e. The Labute approximate surface area is 239 Å². The molecular weight excluding hydrogens is 537 g/mol. The summed E-state index contributed by atoms with van der Waals surface area (Å²) in [4.78, 5) is 17.7. The fourth-order valence-electron chi connectivity index (χ4n) is 4.66. The number of carbonyl (C=O) groups excluding carboxylic acids is 1. The van der Waals surface area contributed by atoms with Gasteiger partial charge in [0, 0.05) is 66.4 Å². The van der Waals surface area contributed by atoms with E-state index in [1.807, 2.05) is 12.1 Å². The van der Waals surface area contributed by atoms with E-state index in [4.69, 9.17) is 43.8 Å². The molecule has 0 radical (unpaired) electrons. The van der Waals surface area contributed by atoms with Gasteiger partial charge in [-0.25, -0.2) is 0 Å². The van der Waals surface area contributed by atoms with Gasteiger partial charge in [0.15, 0.2) is 0 Å². The summed E-state index contributed by atoms with van der Waals surface area (Å²) in [5, 5.41) is 11.7. The Morgan fingerprint density at radius 3 is 2.05 bits per heavy atom. The van der Waals surface area contributed by atoms with Crippen LogP contribution in [0.4, 0.5) is 11.4 Å². The van der Waals surface area contributed by atoms with Gasteiger partial charge in [-0.15, -0.1) is 0 Å². The molecule has 1 amide bonds. The molecule has 0 saturated carbocycles. The first-order valence-corrected chi connectivity index (χ1v) is 13.4. The number of rotatable bonds is 7. The zero-order valence-corrected chi connectivity index (χ0v) is 24.0. The summed E-state index contributed by atoms with van der Waals surface area (Å²) in [6.45, 7) is 8.35. The molecule has 0 aliphatic carbocycles. The van der Waals surface area contributed by atoms with Crippen LogP contribution in [-0.4, -0.2) is 63.1 Å². The van der Waals surface area contributed by atoms with Crippen LogP contribution in [0.25, 0.3) is 11.1 Å². The summed E-state index contributed by atoms with van der Waals surface area (Å²) < 4.78 is 10.7. The number of nitrogen functional groups attached to an aromatic ring is 1. The predicted octanol–water partition coefficient (Wildman–Crippen LogP) is 5.55. The van der Waals surface area contributed by atoms with Crippen LogP contribution in [-0.2, 0) is 0 Å². The summed E-state index contributed by atoms with van der Waals surface area (Å²) in [6, 6.07) is 14.6. The second kappa shape index (κ2) is 12.2. The van der Waals surface area contributed by atoms with E-state index in [0.29, 0.717) is 49.8 Å². The Morgan fingerprint density at radius 2 is 1.54 bits per heavy atom. The van der Waals surface area contributed by atoms with Crippen molar-refractivity contribution in [2.24, 2.45) is 0 Å². The third-order valence-corrected chi connectivity index (χ3v) is 7.71. The van der Waals surface area contributed by atoms with Gasteiger partial charge in [-0.2, -0.15) is 0 Å². The number of carbonyl (C=O) groups is 1. The number of nitrogens with two attached hydrogens (primary N) is 1. The van der Waals surface area contributed by atoms with Gasteiger partial charge in [0.25, 0.3) is 5.91 Å². The van der Waals surface area contributed by atoms with E-state index in [2.05, 4.69) is 29.0 Å². The molecule has 206 valence electrons. The number of methoxy groups -OCH3 is 2. The molecule has 1 aliphatic heterocycles. The number of anilines is 2. The Kier molecular flexibility index (Phi) is 8.90. The zero-order chi connectivity index (χ0) is 28.3. The molecule has 3 aromatic rings. The van der Waals surface area contributed by atoms with Gasteiger partial charge >= 0.3 is 0 Å². The molecule has 4 rings (SSSR count). The molecule has 10 heteroatoms. The molecule has 0 bridgehead atoms. The van der Waals surface area contributed by atoms with E-state index < -0.39 is 0 Å². The van der Waals surface area contributed by atoms with Crippen molar-refractivity contribution in [2.45, 2.75) is 19.9 Å². The third-order valence-electron chi connectivity index (χ3n) is 6.96. The van der Waals surface area contributed by atoms with E-state index >= 15 is 0 Å². The van der Waals surface area contributed by atoms with Crippen molar-refractivity contribution < 1.29 is 14.3 Å². The second-order valence-corrected chi connectivity index (χ2v) is 10.3. The summed E-state index contributed by atoms with van der Waals surface area (Å²) in [5.74, 6) is 0.306. The van der Waals surface area contributed by atoms with Crippen LogP contribution < -0.4 is 25.4 Å². The van der Waals surface area contributed by atoms with Crippen molar-refractivity contribution in [1.29, 1.82) is 5.41 Å². The highest BCUT2D eigenvalue weighted by atomic mass is 35.5. The average molecular weight is 571 g/mol. The Bertz CT molecular complexity index is 1340. The molecule has 0 aromatic heterocycles. The molecule has 4 N–H and O–H groups in total. The van der Waals surface area contributed by atoms with Gasteiger partial charge in [0.1, 0.15) is 17.3 Å². The van der Waals surface area contributed by atoms with Gasteiger partial charge in [0.2, 0.25) is 0 Å². The second-order valence-electron chi connectivity index (χ2n) is 9.58.